The highest BCUT2D eigenvalue weighted by molar-refractivity contribution is 4.87. The molecule has 0 aromatic carbocycles. The average Bonchev–Trinajstić information content (AvgIpc) is 1.85. The van der Waals surface area contributed by atoms with Crippen LogP contribution in [0.25, 0.3) is 0 Å². The van der Waals surface area contributed by atoms with Gasteiger partial charge in [0.15, 0.2) is 6.19 Å². The second kappa shape index (κ2) is 2.89. The maximum absolute atomic E-state index is 8.57. The first kappa shape index (κ1) is 7.36. The molecule has 2 unspecified atom stereocenters. The summed E-state index contributed by atoms with van der Waals surface area (Å²) in [6.45, 7) is 5.89. The molecule has 0 bridgehead atoms. The first-order valence-electron chi connectivity index (χ1n) is 3.63. The van der Waals surface area contributed by atoms with Crippen molar-refractivity contribution in [2.75, 3.05) is 13.1 Å². The molecule has 1 rings (SSSR count). The van der Waals surface area contributed by atoms with Crippen LogP contribution in [0.15, 0.2) is 0 Å². The van der Waals surface area contributed by atoms with E-state index in [2.05, 4.69) is 25.4 Å². The predicted molar refractivity (Wildman–Crippen MR) is 39.2 cm³/mol. The van der Waals surface area contributed by atoms with Crippen LogP contribution in [0.3, 0.4) is 0 Å². The monoisotopic (exact) mass is 139 g/mol. The third kappa shape index (κ3) is 1.61. The van der Waals surface area contributed by atoms with E-state index in [0.717, 1.165) is 13.1 Å². The molecule has 0 aromatic heterocycles. The lowest BCUT2D eigenvalue weighted by molar-refractivity contribution is 0.240. The summed E-state index contributed by atoms with van der Waals surface area (Å²) in [5, 5.41) is 11.9. The molecule has 0 aromatic rings. The molecule has 0 amide bonds. The van der Waals surface area contributed by atoms with Crippen molar-refractivity contribution in [3.63, 3.8) is 0 Å². The van der Waals surface area contributed by atoms with Gasteiger partial charge in [0, 0.05) is 25.2 Å². The van der Waals surface area contributed by atoms with Crippen LogP contribution in [0.1, 0.15) is 13.8 Å². The molecule has 1 N–H and O–H groups in total. The number of nitrogens with zero attached hydrogens (tertiary/aromatic N) is 2. The minimum absolute atomic E-state index is 0.448. The minimum Gasteiger partial charge on any atom is -0.308 e. The Morgan fingerprint density at radius 3 is 2.30 bits per heavy atom. The second-order valence-corrected chi connectivity index (χ2v) is 2.97. The van der Waals surface area contributed by atoms with Crippen LogP contribution in [0.5, 0.6) is 0 Å². The van der Waals surface area contributed by atoms with Gasteiger partial charge in [0.05, 0.1) is 0 Å². The van der Waals surface area contributed by atoms with Crippen molar-refractivity contribution in [1.82, 2.24) is 10.2 Å². The van der Waals surface area contributed by atoms with Gasteiger partial charge in [-0.2, -0.15) is 5.26 Å². The molecule has 1 aliphatic rings. The molecule has 0 spiro atoms. The first-order valence-corrected chi connectivity index (χ1v) is 3.63. The van der Waals surface area contributed by atoms with Crippen molar-refractivity contribution in [1.29, 1.82) is 5.26 Å². The summed E-state index contributed by atoms with van der Waals surface area (Å²) in [7, 11) is 0. The molecular formula is C7H13N3. The van der Waals surface area contributed by atoms with Gasteiger partial charge in [0.1, 0.15) is 0 Å². The van der Waals surface area contributed by atoms with Gasteiger partial charge in [-0.3, -0.25) is 0 Å². The molecule has 0 saturated carbocycles. The van der Waals surface area contributed by atoms with Gasteiger partial charge < -0.3 is 10.2 Å². The average molecular weight is 139 g/mol. The Labute approximate surface area is 61.6 Å². The SMILES string of the molecule is CC1CN(C#N)CC(C)N1. The van der Waals surface area contributed by atoms with Crippen LogP contribution in [0, 0.1) is 11.5 Å². The van der Waals surface area contributed by atoms with Crippen LogP contribution < -0.4 is 5.32 Å². The van der Waals surface area contributed by atoms with Crippen molar-refractivity contribution in [3.8, 4) is 6.19 Å². The number of hydrogen-bond acceptors (Lipinski definition) is 3. The molecule has 0 radical (unpaired) electrons. The third-order valence-electron chi connectivity index (χ3n) is 1.70. The van der Waals surface area contributed by atoms with Gasteiger partial charge in [-0.25, -0.2) is 0 Å². The molecule has 1 aliphatic heterocycles. The van der Waals surface area contributed by atoms with Crippen molar-refractivity contribution >= 4 is 0 Å². The first-order chi connectivity index (χ1) is 4.72. The van der Waals surface area contributed by atoms with Crippen LogP contribution in [0.2, 0.25) is 0 Å². The highest BCUT2D eigenvalue weighted by Gasteiger charge is 2.18. The van der Waals surface area contributed by atoms with Crippen LogP contribution in [0.4, 0.5) is 0 Å². The van der Waals surface area contributed by atoms with E-state index < -0.39 is 0 Å². The summed E-state index contributed by atoms with van der Waals surface area (Å²) in [6, 6.07) is 0.895. The largest absolute Gasteiger partial charge is 0.308 e. The Morgan fingerprint density at radius 2 is 1.90 bits per heavy atom. The maximum atomic E-state index is 8.57. The molecule has 3 nitrogen and oxygen atoms in total. The fourth-order valence-corrected chi connectivity index (χ4v) is 1.41. The molecular weight excluding hydrogens is 126 g/mol. The Kier molecular flexibility index (Phi) is 2.13. The van der Waals surface area contributed by atoms with Crippen LogP contribution in [-0.2, 0) is 0 Å². The summed E-state index contributed by atoms with van der Waals surface area (Å²) in [6.07, 6.45) is 2.16. The van der Waals surface area contributed by atoms with E-state index in [0.29, 0.717) is 12.1 Å². The Hall–Kier alpha value is -0.750. The summed E-state index contributed by atoms with van der Waals surface area (Å²) in [5.74, 6) is 0. The highest BCUT2D eigenvalue weighted by Crippen LogP contribution is 2.01. The molecule has 1 saturated heterocycles. The van der Waals surface area contributed by atoms with E-state index in [1.165, 1.54) is 0 Å². The number of rotatable bonds is 0. The molecule has 56 valence electrons. The molecule has 1 fully saturated rings. The summed E-state index contributed by atoms with van der Waals surface area (Å²) in [4.78, 5) is 1.80. The predicted octanol–water partition coefficient (Wildman–Crippen LogP) is 0.150. The minimum atomic E-state index is 0.448. The summed E-state index contributed by atoms with van der Waals surface area (Å²) < 4.78 is 0. The van der Waals surface area contributed by atoms with Gasteiger partial charge in [0.25, 0.3) is 0 Å². The van der Waals surface area contributed by atoms with E-state index in [9.17, 15) is 0 Å². The zero-order chi connectivity index (χ0) is 7.56. The van der Waals surface area contributed by atoms with E-state index in [-0.39, 0.29) is 0 Å². The smallest absolute Gasteiger partial charge is 0.179 e. The van der Waals surface area contributed by atoms with Crippen molar-refractivity contribution in [3.05, 3.63) is 0 Å². The second-order valence-electron chi connectivity index (χ2n) is 2.97. The topological polar surface area (TPSA) is 39.1 Å². The normalized spacial score (nSPS) is 33.5. The zero-order valence-electron chi connectivity index (χ0n) is 6.46. The molecule has 3 heteroatoms. The van der Waals surface area contributed by atoms with E-state index >= 15 is 0 Å². The lowest BCUT2D eigenvalue weighted by Gasteiger charge is -2.32. The Bertz CT molecular complexity index is 139. The molecule has 0 aliphatic carbocycles. The van der Waals surface area contributed by atoms with Gasteiger partial charge >= 0.3 is 0 Å². The number of nitrogens with one attached hydrogen (secondary N) is 1. The van der Waals surface area contributed by atoms with E-state index in [4.69, 9.17) is 5.26 Å². The third-order valence-corrected chi connectivity index (χ3v) is 1.70. The lowest BCUT2D eigenvalue weighted by Crippen LogP contribution is -2.52. The highest BCUT2D eigenvalue weighted by atomic mass is 15.2. The van der Waals surface area contributed by atoms with Crippen molar-refractivity contribution < 1.29 is 0 Å². The van der Waals surface area contributed by atoms with Gasteiger partial charge in [0.2, 0.25) is 0 Å². The summed E-state index contributed by atoms with van der Waals surface area (Å²) in [5.41, 5.74) is 0. The maximum Gasteiger partial charge on any atom is 0.179 e. The van der Waals surface area contributed by atoms with Gasteiger partial charge in [-0.1, -0.05) is 0 Å². The number of piperazine rings is 1. The zero-order valence-corrected chi connectivity index (χ0v) is 6.46. The van der Waals surface area contributed by atoms with E-state index in [1.54, 1.807) is 4.90 Å². The quantitative estimate of drug-likeness (QED) is 0.485. The molecule has 2 atom stereocenters. The van der Waals surface area contributed by atoms with Gasteiger partial charge in [-0.05, 0) is 13.8 Å². The van der Waals surface area contributed by atoms with Gasteiger partial charge in [-0.15, -0.1) is 0 Å². The van der Waals surface area contributed by atoms with Crippen LogP contribution in [-0.4, -0.2) is 30.1 Å². The fourth-order valence-electron chi connectivity index (χ4n) is 1.41. The number of hydrogen-bond donors (Lipinski definition) is 1. The Morgan fingerprint density at radius 1 is 1.40 bits per heavy atom. The molecule has 10 heavy (non-hydrogen) atoms. The van der Waals surface area contributed by atoms with Crippen molar-refractivity contribution in [2.45, 2.75) is 25.9 Å². The number of nitriles is 1. The van der Waals surface area contributed by atoms with Crippen LogP contribution >= 0.6 is 0 Å². The summed E-state index contributed by atoms with van der Waals surface area (Å²) >= 11 is 0. The Balaban J connectivity index is 2.44. The van der Waals surface area contributed by atoms with E-state index in [1.807, 2.05) is 0 Å². The molecule has 1 heterocycles. The lowest BCUT2D eigenvalue weighted by atomic mass is 10.2. The van der Waals surface area contributed by atoms with Crippen molar-refractivity contribution in [2.24, 2.45) is 0 Å². The standard InChI is InChI=1S/C7H13N3/c1-6-3-10(5-8)4-7(2)9-6/h6-7,9H,3-4H2,1-2H3. The fraction of sp³-hybridized carbons (Fsp3) is 0.857.